The van der Waals surface area contributed by atoms with Gasteiger partial charge in [0.2, 0.25) is 0 Å². The molecule has 0 spiro atoms. The SMILES string of the molecule is COC(C)Cc1ccc(C(C)=O)cc1. The third kappa shape index (κ3) is 2.96. The Bertz CT molecular complexity index is 301. The molecule has 0 radical (unpaired) electrons. The van der Waals surface area contributed by atoms with E-state index in [-0.39, 0.29) is 11.9 Å². The maximum atomic E-state index is 11.0. The summed E-state index contributed by atoms with van der Waals surface area (Å²) in [6, 6.07) is 7.68. The molecule has 0 bridgehead atoms. The average Bonchev–Trinajstić information content (AvgIpc) is 2.18. The van der Waals surface area contributed by atoms with Gasteiger partial charge in [-0.3, -0.25) is 4.79 Å². The first-order valence-electron chi connectivity index (χ1n) is 4.76. The van der Waals surface area contributed by atoms with Crippen molar-refractivity contribution in [2.24, 2.45) is 0 Å². The van der Waals surface area contributed by atoms with E-state index in [0.717, 1.165) is 12.0 Å². The Hall–Kier alpha value is -1.15. The maximum absolute atomic E-state index is 11.0. The highest BCUT2D eigenvalue weighted by Crippen LogP contribution is 2.08. The van der Waals surface area contributed by atoms with Crippen LogP contribution in [-0.4, -0.2) is 19.0 Å². The lowest BCUT2D eigenvalue weighted by atomic mass is 10.1. The van der Waals surface area contributed by atoms with Crippen molar-refractivity contribution in [3.63, 3.8) is 0 Å². The molecular weight excluding hydrogens is 176 g/mol. The van der Waals surface area contributed by atoms with Crippen LogP contribution in [0.1, 0.15) is 29.8 Å². The Morgan fingerprint density at radius 3 is 2.36 bits per heavy atom. The number of methoxy groups -OCH3 is 1. The molecule has 1 unspecified atom stereocenters. The molecular formula is C12H16O2. The van der Waals surface area contributed by atoms with Gasteiger partial charge in [-0.05, 0) is 25.8 Å². The topological polar surface area (TPSA) is 26.3 Å². The second-order valence-corrected chi connectivity index (χ2v) is 3.50. The normalized spacial score (nSPS) is 12.5. The third-order valence-corrected chi connectivity index (χ3v) is 2.29. The van der Waals surface area contributed by atoms with Crippen molar-refractivity contribution in [3.05, 3.63) is 35.4 Å². The largest absolute Gasteiger partial charge is 0.381 e. The Morgan fingerprint density at radius 2 is 1.93 bits per heavy atom. The lowest BCUT2D eigenvalue weighted by molar-refractivity contribution is 0.101. The van der Waals surface area contributed by atoms with Crippen LogP contribution >= 0.6 is 0 Å². The summed E-state index contributed by atoms with van der Waals surface area (Å²) in [6.45, 7) is 3.60. The number of ether oxygens (including phenoxy) is 1. The highest BCUT2D eigenvalue weighted by molar-refractivity contribution is 5.93. The molecule has 0 aliphatic heterocycles. The smallest absolute Gasteiger partial charge is 0.159 e. The van der Waals surface area contributed by atoms with Crippen molar-refractivity contribution < 1.29 is 9.53 Å². The highest BCUT2D eigenvalue weighted by Gasteiger charge is 2.02. The van der Waals surface area contributed by atoms with Gasteiger partial charge in [0.25, 0.3) is 0 Å². The minimum absolute atomic E-state index is 0.108. The van der Waals surface area contributed by atoms with Crippen molar-refractivity contribution in [2.75, 3.05) is 7.11 Å². The highest BCUT2D eigenvalue weighted by atomic mass is 16.5. The number of carbonyl (C=O) groups excluding carboxylic acids is 1. The van der Waals surface area contributed by atoms with Gasteiger partial charge >= 0.3 is 0 Å². The zero-order valence-electron chi connectivity index (χ0n) is 8.91. The van der Waals surface area contributed by atoms with Gasteiger partial charge in [-0.1, -0.05) is 24.3 Å². The molecule has 2 heteroatoms. The van der Waals surface area contributed by atoms with Crippen LogP contribution in [0.4, 0.5) is 0 Å². The first-order chi connectivity index (χ1) is 6.63. The summed E-state index contributed by atoms with van der Waals surface area (Å²) in [5.41, 5.74) is 1.96. The summed E-state index contributed by atoms with van der Waals surface area (Å²) in [5, 5.41) is 0. The molecule has 1 aromatic rings. The van der Waals surface area contributed by atoms with E-state index in [1.807, 2.05) is 31.2 Å². The zero-order valence-corrected chi connectivity index (χ0v) is 8.91. The monoisotopic (exact) mass is 192 g/mol. The van der Waals surface area contributed by atoms with E-state index >= 15 is 0 Å². The number of rotatable bonds is 4. The quantitative estimate of drug-likeness (QED) is 0.685. The van der Waals surface area contributed by atoms with Crippen LogP contribution in [0.3, 0.4) is 0 Å². The molecule has 1 aromatic carbocycles. The Kier molecular flexibility index (Phi) is 3.84. The van der Waals surface area contributed by atoms with Crippen LogP contribution < -0.4 is 0 Å². The van der Waals surface area contributed by atoms with E-state index in [9.17, 15) is 4.79 Å². The number of hydrogen-bond donors (Lipinski definition) is 0. The van der Waals surface area contributed by atoms with Crippen LogP contribution in [0.2, 0.25) is 0 Å². The van der Waals surface area contributed by atoms with Crippen molar-refractivity contribution in [3.8, 4) is 0 Å². The first kappa shape index (κ1) is 10.9. The summed E-state index contributed by atoms with van der Waals surface area (Å²) < 4.78 is 5.16. The number of hydrogen-bond acceptors (Lipinski definition) is 2. The van der Waals surface area contributed by atoms with E-state index in [1.165, 1.54) is 5.56 Å². The van der Waals surface area contributed by atoms with E-state index < -0.39 is 0 Å². The van der Waals surface area contributed by atoms with E-state index in [1.54, 1.807) is 14.0 Å². The molecule has 0 amide bonds. The fourth-order valence-electron chi connectivity index (χ4n) is 1.29. The van der Waals surface area contributed by atoms with Crippen molar-refractivity contribution in [2.45, 2.75) is 26.4 Å². The molecule has 0 N–H and O–H groups in total. The second-order valence-electron chi connectivity index (χ2n) is 3.50. The number of carbonyl (C=O) groups is 1. The maximum Gasteiger partial charge on any atom is 0.159 e. The van der Waals surface area contributed by atoms with Crippen molar-refractivity contribution in [1.82, 2.24) is 0 Å². The van der Waals surface area contributed by atoms with Crippen molar-refractivity contribution in [1.29, 1.82) is 0 Å². The average molecular weight is 192 g/mol. The van der Waals surface area contributed by atoms with Gasteiger partial charge in [0.05, 0.1) is 6.10 Å². The van der Waals surface area contributed by atoms with Gasteiger partial charge in [-0.25, -0.2) is 0 Å². The van der Waals surface area contributed by atoms with E-state index in [2.05, 4.69) is 0 Å². The third-order valence-electron chi connectivity index (χ3n) is 2.29. The van der Waals surface area contributed by atoms with Gasteiger partial charge in [-0.2, -0.15) is 0 Å². The van der Waals surface area contributed by atoms with E-state index in [4.69, 9.17) is 4.74 Å². The molecule has 0 aromatic heterocycles. The molecule has 76 valence electrons. The van der Waals surface area contributed by atoms with Crippen LogP contribution in [-0.2, 0) is 11.2 Å². The summed E-state index contributed by atoms with van der Waals surface area (Å²) in [5.74, 6) is 0.108. The second kappa shape index (κ2) is 4.91. The van der Waals surface area contributed by atoms with Gasteiger partial charge in [0.1, 0.15) is 0 Å². The van der Waals surface area contributed by atoms with Crippen LogP contribution in [0, 0.1) is 0 Å². The molecule has 0 heterocycles. The number of benzene rings is 1. The lowest BCUT2D eigenvalue weighted by Crippen LogP contribution is -2.08. The summed E-state index contributed by atoms with van der Waals surface area (Å²) >= 11 is 0. The molecule has 0 aliphatic rings. The fourth-order valence-corrected chi connectivity index (χ4v) is 1.29. The van der Waals surface area contributed by atoms with E-state index in [0.29, 0.717) is 0 Å². The summed E-state index contributed by atoms with van der Waals surface area (Å²) in [7, 11) is 1.70. The predicted molar refractivity (Wildman–Crippen MR) is 56.6 cm³/mol. The fraction of sp³-hybridized carbons (Fsp3) is 0.417. The first-order valence-corrected chi connectivity index (χ1v) is 4.76. The minimum Gasteiger partial charge on any atom is -0.381 e. The van der Waals surface area contributed by atoms with Gasteiger partial charge in [-0.15, -0.1) is 0 Å². The molecule has 2 nitrogen and oxygen atoms in total. The van der Waals surface area contributed by atoms with Crippen molar-refractivity contribution >= 4 is 5.78 Å². The van der Waals surface area contributed by atoms with Gasteiger partial charge in [0.15, 0.2) is 5.78 Å². The molecule has 0 aliphatic carbocycles. The van der Waals surface area contributed by atoms with Crippen LogP contribution in [0.25, 0.3) is 0 Å². The molecule has 0 saturated heterocycles. The number of ketones is 1. The predicted octanol–water partition coefficient (Wildman–Crippen LogP) is 2.47. The number of Topliss-reactive ketones (excluding diaryl/α,β-unsaturated/α-hetero) is 1. The molecule has 0 fully saturated rings. The molecule has 0 saturated carbocycles. The Labute approximate surface area is 84.9 Å². The Morgan fingerprint density at radius 1 is 1.36 bits per heavy atom. The lowest BCUT2D eigenvalue weighted by Gasteiger charge is -2.09. The van der Waals surface area contributed by atoms with Gasteiger partial charge < -0.3 is 4.74 Å². The van der Waals surface area contributed by atoms with Gasteiger partial charge in [0, 0.05) is 12.7 Å². The Balaban J connectivity index is 2.68. The standard InChI is InChI=1S/C12H16O2/c1-9(14-3)8-11-4-6-12(7-5-11)10(2)13/h4-7,9H,8H2,1-3H3. The zero-order chi connectivity index (χ0) is 10.6. The summed E-state index contributed by atoms with van der Waals surface area (Å²) in [6.07, 6.45) is 1.10. The van der Waals surface area contributed by atoms with Crippen LogP contribution in [0.5, 0.6) is 0 Å². The molecule has 1 rings (SSSR count). The molecule has 14 heavy (non-hydrogen) atoms. The van der Waals surface area contributed by atoms with Crippen LogP contribution in [0.15, 0.2) is 24.3 Å². The molecule has 1 atom stereocenters. The summed E-state index contributed by atoms with van der Waals surface area (Å²) in [4.78, 5) is 11.0. The minimum atomic E-state index is 0.108.